The van der Waals surface area contributed by atoms with Gasteiger partial charge in [0.2, 0.25) is 5.91 Å². The first kappa shape index (κ1) is 12.9. The molecule has 0 spiro atoms. The van der Waals surface area contributed by atoms with Crippen LogP contribution in [-0.2, 0) is 9.53 Å². The lowest BCUT2D eigenvalue weighted by molar-refractivity contribution is -0.117. The summed E-state index contributed by atoms with van der Waals surface area (Å²) < 4.78 is 5.40. The predicted molar refractivity (Wildman–Crippen MR) is 79.2 cm³/mol. The van der Waals surface area contributed by atoms with Gasteiger partial charge in [-0.2, -0.15) is 0 Å². The van der Waals surface area contributed by atoms with Crippen LogP contribution in [0.1, 0.15) is 6.42 Å². The molecule has 2 fully saturated rings. The second kappa shape index (κ2) is 5.51. The van der Waals surface area contributed by atoms with Crippen molar-refractivity contribution in [2.75, 3.05) is 42.6 Å². The number of para-hydroxylation sites is 2. The van der Waals surface area contributed by atoms with Gasteiger partial charge in [-0.3, -0.25) is 4.79 Å². The number of morpholine rings is 1. The van der Waals surface area contributed by atoms with E-state index in [9.17, 15) is 4.79 Å². The van der Waals surface area contributed by atoms with Crippen LogP contribution < -0.4 is 9.80 Å². The quantitative estimate of drug-likeness (QED) is 0.780. The summed E-state index contributed by atoms with van der Waals surface area (Å²) in [6.07, 6.45) is 0.581. The van der Waals surface area contributed by atoms with E-state index in [-0.39, 0.29) is 10.7 Å². The van der Waals surface area contributed by atoms with Gasteiger partial charge in [0.25, 0.3) is 0 Å². The number of nitrogens with zero attached hydrogens (tertiary/aromatic N) is 2. The Bertz CT molecular complexity index is 474. The molecule has 1 aromatic rings. The average molecular weight is 325 g/mol. The van der Waals surface area contributed by atoms with E-state index in [0.717, 1.165) is 44.2 Å². The molecule has 0 N–H and O–H groups in total. The first-order valence-electron chi connectivity index (χ1n) is 6.62. The van der Waals surface area contributed by atoms with Crippen LogP contribution in [-0.4, -0.2) is 43.6 Å². The molecule has 19 heavy (non-hydrogen) atoms. The average Bonchev–Trinajstić information content (AvgIpc) is 2.79. The summed E-state index contributed by atoms with van der Waals surface area (Å²) in [6.45, 7) is 4.03. The Morgan fingerprint density at radius 3 is 2.47 bits per heavy atom. The van der Waals surface area contributed by atoms with Crippen molar-refractivity contribution in [1.82, 2.24) is 0 Å². The topological polar surface area (TPSA) is 32.8 Å². The van der Waals surface area contributed by atoms with E-state index in [0.29, 0.717) is 6.42 Å². The fourth-order valence-corrected chi connectivity index (χ4v) is 3.23. The molecule has 2 saturated heterocycles. The minimum Gasteiger partial charge on any atom is -0.378 e. The van der Waals surface area contributed by atoms with Gasteiger partial charge in [0.05, 0.1) is 24.6 Å². The maximum absolute atomic E-state index is 12.1. The van der Waals surface area contributed by atoms with Crippen LogP contribution in [0.5, 0.6) is 0 Å². The molecule has 0 radical (unpaired) electrons. The third-order valence-electron chi connectivity index (χ3n) is 3.60. The second-order valence-corrected chi connectivity index (χ2v) is 6.19. The van der Waals surface area contributed by atoms with Crippen molar-refractivity contribution in [2.45, 2.75) is 11.2 Å². The first-order chi connectivity index (χ1) is 9.25. The van der Waals surface area contributed by atoms with Crippen LogP contribution in [0.15, 0.2) is 24.3 Å². The number of alkyl halides is 1. The molecule has 0 saturated carbocycles. The van der Waals surface area contributed by atoms with Crippen LogP contribution in [0.3, 0.4) is 0 Å². The molecule has 2 aliphatic rings. The molecule has 5 heteroatoms. The van der Waals surface area contributed by atoms with E-state index >= 15 is 0 Å². The van der Waals surface area contributed by atoms with Gasteiger partial charge in [-0.1, -0.05) is 28.1 Å². The predicted octanol–water partition coefficient (Wildman–Crippen LogP) is 2.02. The molecule has 1 unspecified atom stereocenters. The summed E-state index contributed by atoms with van der Waals surface area (Å²) >= 11 is 3.54. The van der Waals surface area contributed by atoms with Crippen molar-refractivity contribution in [3.8, 4) is 0 Å². The Morgan fingerprint density at radius 2 is 1.84 bits per heavy atom. The van der Waals surface area contributed by atoms with E-state index in [1.807, 2.05) is 23.1 Å². The highest BCUT2D eigenvalue weighted by Gasteiger charge is 2.31. The monoisotopic (exact) mass is 324 g/mol. The number of rotatable bonds is 2. The normalized spacial score (nSPS) is 24.1. The number of amides is 1. The fourth-order valence-electron chi connectivity index (χ4n) is 2.66. The molecular weight excluding hydrogens is 308 g/mol. The van der Waals surface area contributed by atoms with Crippen LogP contribution in [0.2, 0.25) is 0 Å². The number of ether oxygens (including phenoxy) is 1. The zero-order valence-electron chi connectivity index (χ0n) is 10.7. The molecule has 0 bridgehead atoms. The highest BCUT2D eigenvalue weighted by Crippen LogP contribution is 2.33. The summed E-state index contributed by atoms with van der Waals surface area (Å²) in [4.78, 5) is 16.5. The van der Waals surface area contributed by atoms with Crippen molar-refractivity contribution < 1.29 is 9.53 Å². The van der Waals surface area contributed by atoms with E-state index in [2.05, 4.69) is 26.9 Å². The zero-order chi connectivity index (χ0) is 13.2. The molecule has 0 aromatic heterocycles. The van der Waals surface area contributed by atoms with Crippen LogP contribution >= 0.6 is 15.9 Å². The van der Waals surface area contributed by atoms with Gasteiger partial charge >= 0.3 is 0 Å². The molecule has 4 nitrogen and oxygen atoms in total. The van der Waals surface area contributed by atoms with Crippen molar-refractivity contribution >= 4 is 33.2 Å². The van der Waals surface area contributed by atoms with Gasteiger partial charge in [0.15, 0.2) is 0 Å². The zero-order valence-corrected chi connectivity index (χ0v) is 12.3. The third-order valence-corrected chi connectivity index (χ3v) is 4.22. The molecule has 0 aliphatic carbocycles. The summed E-state index contributed by atoms with van der Waals surface area (Å²) in [5.41, 5.74) is 2.16. The third kappa shape index (κ3) is 2.62. The molecule has 1 amide bonds. The summed E-state index contributed by atoms with van der Waals surface area (Å²) in [5.74, 6) is 0.197. The fraction of sp³-hybridized carbons (Fsp3) is 0.500. The van der Waals surface area contributed by atoms with Crippen LogP contribution in [0, 0.1) is 0 Å². The number of halogens is 1. The maximum Gasteiger partial charge on any atom is 0.228 e. The maximum atomic E-state index is 12.1. The molecule has 1 aromatic carbocycles. The Hall–Kier alpha value is -1.07. The van der Waals surface area contributed by atoms with Gasteiger partial charge in [-0.25, -0.2) is 0 Å². The van der Waals surface area contributed by atoms with Gasteiger partial charge in [0.1, 0.15) is 0 Å². The number of hydrogen-bond acceptors (Lipinski definition) is 3. The second-order valence-electron chi connectivity index (χ2n) is 4.89. The number of benzene rings is 1. The molecule has 102 valence electrons. The largest absolute Gasteiger partial charge is 0.378 e. The SMILES string of the molecule is O=C1CC(Br)CN1c1ccccc1N1CCOCC1. The lowest BCUT2D eigenvalue weighted by Gasteiger charge is -2.32. The molecule has 3 rings (SSSR count). The summed E-state index contributed by atoms with van der Waals surface area (Å²) in [7, 11) is 0. The molecule has 2 heterocycles. The molecule has 1 atom stereocenters. The lowest BCUT2D eigenvalue weighted by atomic mass is 10.2. The number of carbonyl (C=O) groups excluding carboxylic acids is 1. The van der Waals surface area contributed by atoms with Crippen molar-refractivity contribution in [1.29, 1.82) is 0 Å². The van der Waals surface area contributed by atoms with Gasteiger partial charge in [-0.15, -0.1) is 0 Å². The number of hydrogen-bond donors (Lipinski definition) is 0. The van der Waals surface area contributed by atoms with Crippen molar-refractivity contribution in [3.05, 3.63) is 24.3 Å². The van der Waals surface area contributed by atoms with Gasteiger partial charge in [-0.05, 0) is 12.1 Å². The minimum absolute atomic E-state index is 0.197. The first-order valence-corrected chi connectivity index (χ1v) is 7.53. The minimum atomic E-state index is 0.197. The van der Waals surface area contributed by atoms with Gasteiger partial charge < -0.3 is 14.5 Å². The number of carbonyl (C=O) groups is 1. The van der Waals surface area contributed by atoms with E-state index in [4.69, 9.17) is 4.74 Å². The van der Waals surface area contributed by atoms with Crippen molar-refractivity contribution in [2.24, 2.45) is 0 Å². The van der Waals surface area contributed by atoms with Gasteiger partial charge in [0, 0.05) is 30.9 Å². The van der Waals surface area contributed by atoms with Crippen molar-refractivity contribution in [3.63, 3.8) is 0 Å². The van der Waals surface area contributed by atoms with E-state index in [1.165, 1.54) is 0 Å². The Balaban J connectivity index is 1.90. The van der Waals surface area contributed by atoms with Crippen LogP contribution in [0.4, 0.5) is 11.4 Å². The highest BCUT2D eigenvalue weighted by molar-refractivity contribution is 9.09. The molecular formula is C14H17BrN2O2. The Morgan fingerprint density at radius 1 is 1.16 bits per heavy atom. The summed E-state index contributed by atoms with van der Waals surface area (Å²) in [6, 6.07) is 8.15. The van der Waals surface area contributed by atoms with E-state index in [1.54, 1.807) is 0 Å². The van der Waals surface area contributed by atoms with Crippen LogP contribution in [0.25, 0.3) is 0 Å². The smallest absolute Gasteiger partial charge is 0.228 e. The van der Waals surface area contributed by atoms with E-state index < -0.39 is 0 Å². The summed E-state index contributed by atoms with van der Waals surface area (Å²) in [5, 5.41) is 0. The number of anilines is 2. The Kier molecular flexibility index (Phi) is 3.75. The Labute approximate surface area is 121 Å². The lowest BCUT2D eigenvalue weighted by Crippen LogP contribution is -2.37. The standard InChI is InChI=1S/C14H17BrN2O2/c15-11-9-14(18)17(10-11)13-4-2-1-3-12(13)16-5-7-19-8-6-16/h1-4,11H,5-10H2. The highest BCUT2D eigenvalue weighted by atomic mass is 79.9. The molecule has 2 aliphatic heterocycles.